The third kappa shape index (κ3) is 5.71. The summed E-state index contributed by atoms with van der Waals surface area (Å²) >= 11 is 0. The van der Waals surface area contributed by atoms with Gasteiger partial charge in [-0.25, -0.2) is 4.79 Å². The molecule has 5 rings (SSSR count). The van der Waals surface area contributed by atoms with Gasteiger partial charge in [-0.05, 0) is 33.8 Å². The number of nitrogens with one attached hydrogen (secondary N) is 1. The van der Waals surface area contributed by atoms with Gasteiger partial charge in [0.2, 0.25) is 5.78 Å². The number of aliphatic hydroxyl groups is 3. The number of carbonyl (C=O) groups excluding carboxylic acids is 4. The summed E-state index contributed by atoms with van der Waals surface area (Å²) in [6.07, 6.45) is -6.87. The predicted octanol–water partition coefficient (Wildman–Crippen LogP) is 1.57. The van der Waals surface area contributed by atoms with Crippen molar-refractivity contribution >= 4 is 23.4 Å². The molecule has 1 unspecified atom stereocenters. The van der Waals surface area contributed by atoms with Crippen LogP contribution in [0.25, 0.3) is 0 Å². The number of ether oxygens (including phenoxy) is 4. The number of benzene rings is 2. The molecule has 14 nitrogen and oxygen atoms in total. The van der Waals surface area contributed by atoms with Gasteiger partial charge in [-0.2, -0.15) is 0 Å². The summed E-state index contributed by atoms with van der Waals surface area (Å²) in [5.74, 6) is -4.01. The van der Waals surface area contributed by atoms with Gasteiger partial charge in [-0.1, -0.05) is 12.1 Å². The van der Waals surface area contributed by atoms with E-state index in [-0.39, 0.29) is 34.4 Å². The number of aliphatic hydroxyl groups excluding tert-OH is 2. The van der Waals surface area contributed by atoms with Crippen molar-refractivity contribution in [1.29, 1.82) is 0 Å². The van der Waals surface area contributed by atoms with E-state index >= 15 is 0 Å². The van der Waals surface area contributed by atoms with E-state index in [2.05, 4.69) is 5.32 Å². The van der Waals surface area contributed by atoms with Crippen molar-refractivity contribution < 1.29 is 63.7 Å². The first kappa shape index (κ1) is 33.3. The van der Waals surface area contributed by atoms with Crippen molar-refractivity contribution in [3.63, 3.8) is 0 Å². The summed E-state index contributed by atoms with van der Waals surface area (Å²) in [6.45, 7) is 5.48. The molecule has 0 bridgehead atoms. The summed E-state index contributed by atoms with van der Waals surface area (Å²) in [5, 5.41) is 57.5. The van der Waals surface area contributed by atoms with Crippen LogP contribution in [0.3, 0.4) is 0 Å². The Morgan fingerprint density at radius 1 is 1.09 bits per heavy atom. The van der Waals surface area contributed by atoms with Crippen LogP contribution in [-0.2, 0) is 25.4 Å². The van der Waals surface area contributed by atoms with Gasteiger partial charge >= 0.3 is 6.09 Å². The van der Waals surface area contributed by atoms with Crippen LogP contribution in [0.4, 0.5) is 4.79 Å². The van der Waals surface area contributed by atoms with Gasteiger partial charge < -0.3 is 49.8 Å². The van der Waals surface area contributed by atoms with E-state index in [0.717, 1.165) is 0 Å². The number of alkyl carbamates (subject to hydrolysis) is 1. The minimum Gasteiger partial charge on any atom is -0.507 e. The second-order valence-corrected chi connectivity index (χ2v) is 12.7. The van der Waals surface area contributed by atoms with Crippen molar-refractivity contribution in [2.24, 2.45) is 0 Å². The molecule has 1 heterocycles. The van der Waals surface area contributed by atoms with Gasteiger partial charge in [0.1, 0.15) is 41.2 Å². The standard InChI is InChI=1S/C32H37NO13/c1-13-25(36)16(33-30(41)46-31(2,3)4)9-20(44-13)45-18-11-32(42,19(35)12-34)10-15-22(18)29(40)24-23(27(15)38)26(37)14-7-6-8-17(43-5)21(14)28(24)39/h6-8,13,16,18,20,25,34,36,38,40,42H,9-12H2,1-5H3,(H,33,41)/t13-,16-,18+,20?,25+,32+/m0/s1. The molecule has 1 saturated heterocycles. The molecule has 0 saturated carbocycles. The maximum Gasteiger partial charge on any atom is 0.407 e. The average molecular weight is 644 g/mol. The zero-order chi connectivity index (χ0) is 33.9. The normalized spacial score (nSPS) is 27.3. The Balaban J connectivity index is 1.58. The van der Waals surface area contributed by atoms with Crippen LogP contribution >= 0.6 is 0 Å². The lowest BCUT2D eigenvalue weighted by atomic mass is 9.72. The Morgan fingerprint density at radius 2 is 1.76 bits per heavy atom. The summed E-state index contributed by atoms with van der Waals surface area (Å²) in [4.78, 5) is 52.7. The number of methoxy groups -OCH3 is 1. The van der Waals surface area contributed by atoms with Crippen molar-refractivity contribution in [2.45, 2.75) is 88.8 Å². The van der Waals surface area contributed by atoms with E-state index in [9.17, 15) is 44.7 Å². The molecule has 1 fully saturated rings. The number of phenols is 2. The van der Waals surface area contributed by atoms with E-state index < -0.39 is 107 Å². The lowest BCUT2D eigenvalue weighted by Gasteiger charge is -2.42. The molecule has 0 spiro atoms. The molecule has 1 amide bonds. The van der Waals surface area contributed by atoms with Crippen LogP contribution in [0.15, 0.2) is 18.2 Å². The van der Waals surface area contributed by atoms with E-state index in [4.69, 9.17) is 18.9 Å². The SMILES string of the molecule is COc1cccc2c1C(=O)c1c(O)c3c(c(O)c1C2=O)C[C@](O)(C(=O)CO)C[C@H]3OC1C[C@H](NC(=O)OC(C)(C)C)[C@H](O)[C@H](C)O1. The Kier molecular flexibility index (Phi) is 8.64. The summed E-state index contributed by atoms with van der Waals surface area (Å²) in [5.41, 5.74) is -4.78. The van der Waals surface area contributed by atoms with Crippen LogP contribution in [0, 0.1) is 0 Å². The lowest BCUT2D eigenvalue weighted by Crippen LogP contribution is -2.56. The smallest absolute Gasteiger partial charge is 0.407 e. The molecular formula is C32H37NO13. The molecule has 6 atom stereocenters. The van der Waals surface area contributed by atoms with Gasteiger partial charge in [-0.15, -0.1) is 0 Å². The zero-order valence-electron chi connectivity index (χ0n) is 25.9. The predicted molar refractivity (Wildman–Crippen MR) is 157 cm³/mol. The highest BCUT2D eigenvalue weighted by molar-refractivity contribution is 6.31. The molecule has 46 heavy (non-hydrogen) atoms. The van der Waals surface area contributed by atoms with Gasteiger partial charge in [0.05, 0.1) is 42.0 Å². The first-order chi connectivity index (χ1) is 21.5. The van der Waals surface area contributed by atoms with Gasteiger partial charge in [0.15, 0.2) is 17.9 Å². The lowest BCUT2D eigenvalue weighted by molar-refractivity contribution is -0.249. The van der Waals surface area contributed by atoms with E-state index in [1.807, 2.05) is 0 Å². The number of fused-ring (bicyclic) bond motifs is 3. The minimum absolute atomic E-state index is 0.0699. The molecule has 248 valence electrons. The average Bonchev–Trinajstić information content (AvgIpc) is 2.98. The highest BCUT2D eigenvalue weighted by atomic mass is 16.7. The van der Waals surface area contributed by atoms with E-state index in [1.165, 1.54) is 32.2 Å². The number of amides is 1. The number of hydrogen-bond acceptors (Lipinski definition) is 13. The van der Waals surface area contributed by atoms with Gasteiger partial charge in [0.25, 0.3) is 0 Å². The number of rotatable bonds is 6. The minimum atomic E-state index is -2.32. The molecular weight excluding hydrogens is 606 g/mol. The number of Topliss-reactive ketones (excluding diaryl/α,β-unsaturated/α-hetero) is 1. The van der Waals surface area contributed by atoms with E-state index in [1.54, 1.807) is 20.8 Å². The number of ketones is 3. The molecule has 2 aromatic carbocycles. The van der Waals surface area contributed by atoms with Crippen molar-refractivity contribution in [1.82, 2.24) is 5.32 Å². The van der Waals surface area contributed by atoms with Crippen LogP contribution in [-0.4, -0.2) is 98.4 Å². The first-order valence-electron chi connectivity index (χ1n) is 14.7. The summed E-state index contributed by atoms with van der Waals surface area (Å²) in [6, 6.07) is 3.39. The Labute approximate surface area is 263 Å². The monoisotopic (exact) mass is 643 g/mol. The highest BCUT2D eigenvalue weighted by Gasteiger charge is 2.50. The Hall–Kier alpha value is -4.08. The topological polar surface area (TPSA) is 218 Å². The number of phenolic OH excluding ortho intramolecular Hbond substituents is 2. The molecule has 1 aliphatic heterocycles. The molecule has 2 aliphatic carbocycles. The van der Waals surface area contributed by atoms with Crippen molar-refractivity contribution in [2.75, 3.05) is 13.7 Å². The Morgan fingerprint density at radius 3 is 2.39 bits per heavy atom. The number of aromatic hydroxyl groups is 2. The third-order valence-electron chi connectivity index (χ3n) is 8.46. The maximum absolute atomic E-state index is 13.8. The quantitative estimate of drug-likeness (QED) is 0.210. The van der Waals surface area contributed by atoms with Crippen LogP contribution in [0.1, 0.15) is 89.6 Å². The molecule has 14 heteroatoms. The summed E-state index contributed by atoms with van der Waals surface area (Å²) < 4.78 is 22.6. The fraction of sp³-hybridized carbons (Fsp3) is 0.500. The van der Waals surface area contributed by atoms with Crippen LogP contribution < -0.4 is 10.1 Å². The molecule has 0 radical (unpaired) electrons. The second-order valence-electron chi connectivity index (χ2n) is 12.7. The maximum atomic E-state index is 13.8. The Bertz CT molecular complexity index is 1610. The van der Waals surface area contributed by atoms with E-state index in [0.29, 0.717) is 0 Å². The number of carbonyl (C=O) groups is 4. The fourth-order valence-electron chi connectivity index (χ4n) is 6.32. The van der Waals surface area contributed by atoms with Gasteiger partial charge in [0, 0.05) is 36.0 Å². The molecule has 6 N–H and O–H groups in total. The molecule has 2 aromatic rings. The van der Waals surface area contributed by atoms with Crippen LogP contribution in [0.5, 0.6) is 17.2 Å². The van der Waals surface area contributed by atoms with Gasteiger partial charge in [-0.3, -0.25) is 14.4 Å². The molecule has 0 aromatic heterocycles. The third-order valence-corrected chi connectivity index (χ3v) is 8.46. The fourth-order valence-corrected chi connectivity index (χ4v) is 6.32. The highest BCUT2D eigenvalue weighted by Crippen LogP contribution is 2.52. The number of hydrogen-bond donors (Lipinski definition) is 6. The second kappa shape index (κ2) is 11.9. The largest absolute Gasteiger partial charge is 0.507 e. The molecule has 3 aliphatic rings. The summed E-state index contributed by atoms with van der Waals surface area (Å²) in [7, 11) is 1.31. The van der Waals surface area contributed by atoms with Crippen molar-refractivity contribution in [3.05, 3.63) is 51.6 Å². The first-order valence-corrected chi connectivity index (χ1v) is 14.7. The van der Waals surface area contributed by atoms with Crippen LogP contribution in [0.2, 0.25) is 0 Å². The zero-order valence-corrected chi connectivity index (χ0v) is 25.9. The van der Waals surface area contributed by atoms with Crippen molar-refractivity contribution in [3.8, 4) is 17.2 Å².